The molecule has 0 radical (unpaired) electrons. The van der Waals surface area contributed by atoms with Crippen molar-refractivity contribution < 1.29 is 19.1 Å². The predicted octanol–water partition coefficient (Wildman–Crippen LogP) is 2.10. The molecule has 0 heterocycles. The maximum absolute atomic E-state index is 11.5. The van der Waals surface area contributed by atoms with Crippen LogP contribution in [0.1, 0.15) is 0 Å². The van der Waals surface area contributed by atoms with Crippen LogP contribution in [0.25, 0.3) is 0 Å². The van der Waals surface area contributed by atoms with Gasteiger partial charge in [-0.3, -0.25) is 14.9 Å². The van der Waals surface area contributed by atoms with Crippen LogP contribution in [0.3, 0.4) is 0 Å². The minimum absolute atomic E-state index is 0.0809. The Hall–Kier alpha value is -1.80. The molecule has 0 saturated heterocycles. The average molecular weight is 387 g/mol. The fourth-order valence-corrected chi connectivity index (χ4v) is 2.19. The number of amides is 3. The van der Waals surface area contributed by atoms with Gasteiger partial charge in [0.15, 0.2) is 6.61 Å². The molecule has 0 aliphatic rings. The Kier molecular flexibility index (Phi) is 8.31. The molecule has 0 fully saturated rings. The Labute approximate surface area is 140 Å². The summed E-state index contributed by atoms with van der Waals surface area (Å²) < 4.78 is 5.72. The molecule has 1 rings (SSSR count). The lowest BCUT2D eigenvalue weighted by Crippen LogP contribution is -2.41. The van der Waals surface area contributed by atoms with Gasteiger partial charge in [-0.05, 0) is 24.3 Å². The molecule has 118 valence electrons. The molecule has 0 aliphatic carbocycles. The van der Waals surface area contributed by atoms with Crippen molar-refractivity contribution in [3.63, 3.8) is 0 Å². The average Bonchev–Trinajstić information content (AvgIpc) is 2.50. The van der Waals surface area contributed by atoms with Crippen molar-refractivity contribution in [2.45, 2.75) is 4.90 Å². The molecular formula is C14H15BrN2O4S. The number of nitrogens with one attached hydrogen (secondary N) is 2. The van der Waals surface area contributed by atoms with Gasteiger partial charge in [-0.25, -0.2) is 4.79 Å². The Morgan fingerprint density at radius 2 is 1.95 bits per heavy atom. The minimum atomic E-state index is -0.691. The van der Waals surface area contributed by atoms with E-state index in [1.165, 1.54) is 17.8 Å². The van der Waals surface area contributed by atoms with Crippen LogP contribution in [0.4, 0.5) is 4.79 Å². The van der Waals surface area contributed by atoms with E-state index in [-0.39, 0.29) is 12.3 Å². The fraction of sp³-hybridized carbons (Fsp3) is 0.214. The first-order chi connectivity index (χ1) is 10.5. The van der Waals surface area contributed by atoms with E-state index in [4.69, 9.17) is 4.74 Å². The second-order valence-corrected chi connectivity index (χ2v) is 5.91. The second kappa shape index (κ2) is 10.0. The van der Waals surface area contributed by atoms with Crippen molar-refractivity contribution in [3.8, 4) is 0 Å². The quantitative estimate of drug-likeness (QED) is 0.425. The highest BCUT2D eigenvalue weighted by atomic mass is 79.9. The van der Waals surface area contributed by atoms with Crippen molar-refractivity contribution in [3.05, 3.63) is 41.4 Å². The predicted molar refractivity (Wildman–Crippen MR) is 87.6 cm³/mol. The summed E-state index contributed by atoms with van der Waals surface area (Å²) in [6.45, 7) is 3.16. The summed E-state index contributed by atoms with van der Waals surface area (Å²) in [5.74, 6) is -1.14. The molecule has 0 bridgehead atoms. The summed E-state index contributed by atoms with van der Waals surface area (Å²) >= 11 is 4.61. The number of hydrogen-bond donors (Lipinski definition) is 2. The Balaban J connectivity index is 2.22. The third-order valence-electron chi connectivity index (χ3n) is 2.19. The van der Waals surface area contributed by atoms with Crippen molar-refractivity contribution in [2.24, 2.45) is 0 Å². The highest BCUT2D eigenvalue weighted by Gasteiger charge is 2.10. The van der Waals surface area contributed by atoms with E-state index < -0.39 is 24.5 Å². The van der Waals surface area contributed by atoms with Gasteiger partial charge in [0.2, 0.25) is 0 Å². The standard InChI is InChI=1S/C14H15BrN2O4S/c1-2-7-16-14(20)17-12(18)8-21-13(19)9-22-11-5-3-10(15)4-6-11/h2-6H,1,7-9H2,(H2,16,17,18,20). The van der Waals surface area contributed by atoms with Gasteiger partial charge in [0.25, 0.3) is 5.91 Å². The molecule has 8 heteroatoms. The second-order valence-electron chi connectivity index (χ2n) is 3.95. The molecule has 0 aliphatic heterocycles. The molecular weight excluding hydrogens is 372 g/mol. The molecule has 1 aromatic carbocycles. The molecule has 6 nitrogen and oxygen atoms in total. The summed E-state index contributed by atoms with van der Waals surface area (Å²) in [6.07, 6.45) is 1.48. The zero-order valence-corrected chi connectivity index (χ0v) is 14.0. The van der Waals surface area contributed by atoms with Crippen LogP contribution in [-0.4, -0.2) is 36.8 Å². The number of rotatable bonds is 7. The van der Waals surface area contributed by atoms with E-state index in [9.17, 15) is 14.4 Å². The van der Waals surface area contributed by atoms with Crippen molar-refractivity contribution in [1.82, 2.24) is 10.6 Å². The van der Waals surface area contributed by atoms with E-state index in [2.05, 4.69) is 27.8 Å². The largest absolute Gasteiger partial charge is 0.455 e. The maximum Gasteiger partial charge on any atom is 0.321 e. The van der Waals surface area contributed by atoms with Gasteiger partial charge >= 0.3 is 12.0 Å². The SMILES string of the molecule is C=CCNC(=O)NC(=O)COC(=O)CSc1ccc(Br)cc1. The van der Waals surface area contributed by atoms with E-state index in [0.717, 1.165) is 9.37 Å². The van der Waals surface area contributed by atoms with Gasteiger partial charge in [0.1, 0.15) is 0 Å². The van der Waals surface area contributed by atoms with Gasteiger partial charge in [-0.1, -0.05) is 22.0 Å². The van der Waals surface area contributed by atoms with E-state index in [0.29, 0.717) is 0 Å². The normalized spacial score (nSPS) is 9.68. The molecule has 0 saturated carbocycles. The minimum Gasteiger partial charge on any atom is -0.455 e. The lowest BCUT2D eigenvalue weighted by molar-refractivity contribution is -0.145. The van der Waals surface area contributed by atoms with Crippen LogP contribution in [-0.2, 0) is 14.3 Å². The van der Waals surface area contributed by atoms with Gasteiger partial charge in [0.05, 0.1) is 5.75 Å². The van der Waals surface area contributed by atoms with Crippen molar-refractivity contribution in [2.75, 3.05) is 18.9 Å². The van der Waals surface area contributed by atoms with E-state index in [1.807, 2.05) is 29.6 Å². The highest BCUT2D eigenvalue weighted by Crippen LogP contribution is 2.20. The highest BCUT2D eigenvalue weighted by molar-refractivity contribution is 9.10. The van der Waals surface area contributed by atoms with Gasteiger partial charge in [0, 0.05) is 15.9 Å². The molecule has 0 unspecified atom stereocenters. The summed E-state index contributed by atoms with van der Waals surface area (Å²) in [4.78, 5) is 34.9. The van der Waals surface area contributed by atoms with E-state index in [1.54, 1.807) is 0 Å². The smallest absolute Gasteiger partial charge is 0.321 e. The first-order valence-electron chi connectivity index (χ1n) is 6.24. The van der Waals surface area contributed by atoms with Gasteiger partial charge < -0.3 is 10.1 Å². The molecule has 0 atom stereocenters. The lowest BCUT2D eigenvalue weighted by Gasteiger charge is -2.06. The number of halogens is 1. The number of hydrogen-bond acceptors (Lipinski definition) is 5. The zero-order chi connectivity index (χ0) is 16.4. The number of carbonyl (C=O) groups is 3. The number of urea groups is 1. The number of ether oxygens (including phenoxy) is 1. The number of thioether (sulfide) groups is 1. The third-order valence-corrected chi connectivity index (χ3v) is 3.71. The summed E-state index contributed by atoms with van der Waals surface area (Å²) in [7, 11) is 0. The van der Waals surface area contributed by atoms with Crippen LogP contribution >= 0.6 is 27.7 Å². The number of imide groups is 1. The number of carbonyl (C=O) groups excluding carboxylic acids is 3. The van der Waals surface area contributed by atoms with Crippen LogP contribution in [0, 0.1) is 0 Å². The molecule has 2 N–H and O–H groups in total. The third kappa shape index (κ3) is 7.84. The maximum atomic E-state index is 11.5. The van der Waals surface area contributed by atoms with Gasteiger partial charge in [-0.2, -0.15) is 0 Å². The van der Waals surface area contributed by atoms with Crippen LogP contribution in [0.15, 0.2) is 46.3 Å². The Morgan fingerprint density at radius 1 is 1.27 bits per heavy atom. The van der Waals surface area contributed by atoms with Crippen molar-refractivity contribution >= 4 is 45.6 Å². The summed E-state index contributed by atoms with van der Waals surface area (Å²) in [5.41, 5.74) is 0. The molecule has 0 aromatic heterocycles. The Bertz CT molecular complexity index is 548. The topological polar surface area (TPSA) is 84.5 Å². The molecule has 3 amide bonds. The Morgan fingerprint density at radius 3 is 2.59 bits per heavy atom. The fourth-order valence-electron chi connectivity index (χ4n) is 1.23. The summed E-state index contributed by atoms with van der Waals surface area (Å²) in [6, 6.07) is 6.79. The van der Waals surface area contributed by atoms with Crippen LogP contribution in [0.5, 0.6) is 0 Å². The van der Waals surface area contributed by atoms with Gasteiger partial charge in [-0.15, -0.1) is 18.3 Å². The first-order valence-corrected chi connectivity index (χ1v) is 8.01. The van der Waals surface area contributed by atoms with Crippen LogP contribution < -0.4 is 10.6 Å². The van der Waals surface area contributed by atoms with E-state index >= 15 is 0 Å². The monoisotopic (exact) mass is 386 g/mol. The summed E-state index contributed by atoms with van der Waals surface area (Å²) in [5, 5.41) is 4.39. The molecule has 0 spiro atoms. The molecule has 1 aromatic rings. The lowest BCUT2D eigenvalue weighted by atomic mass is 10.4. The number of esters is 1. The molecule has 22 heavy (non-hydrogen) atoms. The first kappa shape index (κ1) is 18.2. The number of benzene rings is 1. The van der Waals surface area contributed by atoms with Crippen molar-refractivity contribution in [1.29, 1.82) is 0 Å². The zero-order valence-electron chi connectivity index (χ0n) is 11.6. The van der Waals surface area contributed by atoms with Crippen LogP contribution in [0.2, 0.25) is 0 Å².